The number of rotatable bonds is 3. The van der Waals surface area contributed by atoms with E-state index in [9.17, 15) is 18.0 Å². The molecule has 0 radical (unpaired) electrons. The first-order valence-electron chi connectivity index (χ1n) is 12.1. The molecule has 2 atom stereocenters. The van der Waals surface area contributed by atoms with E-state index in [1.165, 1.54) is 48.8 Å². The van der Waals surface area contributed by atoms with Gasteiger partial charge in [0.15, 0.2) is 0 Å². The van der Waals surface area contributed by atoms with Gasteiger partial charge in [0.1, 0.15) is 17.2 Å². The molecule has 3 aliphatic rings. The quantitative estimate of drug-likeness (QED) is 0.457. The number of alkyl halides is 3. The first-order valence-corrected chi connectivity index (χ1v) is 12.1. The van der Waals surface area contributed by atoms with Crippen LogP contribution in [0.5, 0.6) is 5.75 Å². The third-order valence-corrected chi connectivity index (χ3v) is 7.92. The number of hydrogen-bond acceptors (Lipinski definition) is 3. The molecular weight excluding hydrogens is 462 g/mol. The van der Waals surface area contributed by atoms with Crippen LogP contribution in [-0.4, -0.2) is 40.2 Å². The standard InChI is InChI=1S/C26H25F4N3O2/c27-20-13-31-24-22(19-12-14-1-2-17(11-14)23(19)32-24)21(20)15-7-9-33(10-8-15)25(34)16-3-5-18(6-4-16)35-26(28,29)30/h3-6,13-15,17H,1-2,7-12H2,(H,31,32)/t14-,17-/m1/s1. The number of benzene rings is 1. The van der Waals surface area contributed by atoms with Gasteiger partial charge < -0.3 is 14.6 Å². The topological polar surface area (TPSA) is 58.2 Å². The summed E-state index contributed by atoms with van der Waals surface area (Å²) >= 11 is 0. The molecule has 1 aromatic carbocycles. The molecule has 1 amide bonds. The van der Waals surface area contributed by atoms with Crippen LogP contribution in [0.2, 0.25) is 0 Å². The number of pyridine rings is 1. The number of aromatic amines is 1. The number of fused-ring (bicyclic) bond motifs is 6. The predicted octanol–water partition coefficient (Wildman–Crippen LogP) is 6.06. The fraction of sp³-hybridized carbons (Fsp3) is 0.462. The summed E-state index contributed by atoms with van der Waals surface area (Å²) in [5.74, 6) is 0.247. The minimum absolute atomic E-state index is 0.0217. The maximum absolute atomic E-state index is 15.2. The van der Waals surface area contributed by atoms with Gasteiger partial charge in [-0.1, -0.05) is 0 Å². The Morgan fingerprint density at radius 3 is 2.51 bits per heavy atom. The summed E-state index contributed by atoms with van der Waals surface area (Å²) in [6.07, 6.45) is 2.31. The molecule has 2 fully saturated rings. The van der Waals surface area contributed by atoms with E-state index < -0.39 is 6.36 Å². The van der Waals surface area contributed by atoms with Crippen LogP contribution < -0.4 is 4.74 Å². The number of hydrogen-bond donors (Lipinski definition) is 1. The molecule has 2 aromatic heterocycles. The number of nitrogens with zero attached hydrogens (tertiary/aromatic N) is 2. The van der Waals surface area contributed by atoms with Crippen LogP contribution in [0, 0.1) is 11.7 Å². The van der Waals surface area contributed by atoms with Crippen LogP contribution in [0.3, 0.4) is 0 Å². The predicted molar refractivity (Wildman–Crippen MR) is 121 cm³/mol. The number of carbonyl (C=O) groups excluding carboxylic acids is 1. The van der Waals surface area contributed by atoms with Crippen LogP contribution in [0.15, 0.2) is 30.5 Å². The smallest absolute Gasteiger partial charge is 0.406 e. The number of H-pyrrole nitrogens is 1. The maximum atomic E-state index is 15.2. The summed E-state index contributed by atoms with van der Waals surface area (Å²) in [5.41, 5.74) is 4.25. The summed E-state index contributed by atoms with van der Waals surface area (Å²) in [4.78, 5) is 22.5. The van der Waals surface area contributed by atoms with Crippen LogP contribution in [0.1, 0.15) is 71.1 Å². The van der Waals surface area contributed by atoms with E-state index in [1.54, 1.807) is 4.90 Å². The molecule has 0 unspecified atom stereocenters. The highest BCUT2D eigenvalue weighted by atomic mass is 19.4. The number of amides is 1. The van der Waals surface area contributed by atoms with E-state index in [-0.39, 0.29) is 23.4 Å². The first kappa shape index (κ1) is 22.4. The molecule has 2 aliphatic carbocycles. The summed E-state index contributed by atoms with van der Waals surface area (Å²) in [7, 11) is 0. The summed E-state index contributed by atoms with van der Waals surface area (Å²) in [6, 6.07) is 4.95. The minimum Gasteiger partial charge on any atom is -0.406 e. The number of carbonyl (C=O) groups is 1. The Bertz CT molecular complexity index is 1280. The Kier molecular flexibility index (Phi) is 5.27. The van der Waals surface area contributed by atoms with Gasteiger partial charge >= 0.3 is 6.36 Å². The number of halogens is 4. The molecule has 35 heavy (non-hydrogen) atoms. The van der Waals surface area contributed by atoms with E-state index in [0.717, 1.165) is 35.2 Å². The van der Waals surface area contributed by atoms with Crippen molar-refractivity contribution in [3.63, 3.8) is 0 Å². The van der Waals surface area contributed by atoms with Crippen molar-refractivity contribution >= 4 is 16.9 Å². The number of likely N-dealkylation sites (tertiary alicyclic amines) is 1. The van der Waals surface area contributed by atoms with E-state index in [0.29, 0.717) is 43.3 Å². The zero-order valence-corrected chi connectivity index (χ0v) is 19.0. The van der Waals surface area contributed by atoms with Gasteiger partial charge in [-0.25, -0.2) is 9.37 Å². The lowest BCUT2D eigenvalue weighted by atomic mass is 9.82. The van der Waals surface area contributed by atoms with E-state index in [1.807, 2.05) is 0 Å². The van der Waals surface area contributed by atoms with E-state index >= 15 is 4.39 Å². The highest BCUT2D eigenvalue weighted by Gasteiger charge is 2.37. The highest BCUT2D eigenvalue weighted by Crippen LogP contribution is 2.49. The SMILES string of the molecule is O=C(c1ccc(OC(F)(F)F)cc1)N1CCC(c2c(F)cnc3[nH]c4c(c23)C[C@@H]2CC[C@@H]4C2)CC1. The fourth-order valence-electron chi connectivity index (χ4n) is 6.36. The van der Waals surface area contributed by atoms with Crippen LogP contribution in [-0.2, 0) is 6.42 Å². The summed E-state index contributed by atoms with van der Waals surface area (Å²) in [5, 5.41) is 0.946. The van der Waals surface area contributed by atoms with Crippen molar-refractivity contribution in [3.8, 4) is 5.75 Å². The molecule has 1 aliphatic heterocycles. The van der Waals surface area contributed by atoms with Crippen molar-refractivity contribution in [2.75, 3.05) is 13.1 Å². The first-order chi connectivity index (χ1) is 16.8. The van der Waals surface area contributed by atoms with Gasteiger partial charge in [-0.3, -0.25) is 4.79 Å². The van der Waals surface area contributed by atoms with Gasteiger partial charge in [0.05, 0.1) is 6.20 Å². The summed E-state index contributed by atoms with van der Waals surface area (Å²) in [6.45, 7) is 0.900. The average molecular weight is 487 g/mol. The van der Waals surface area contributed by atoms with Crippen molar-refractivity contribution in [3.05, 3.63) is 58.7 Å². The molecule has 1 saturated carbocycles. The van der Waals surface area contributed by atoms with Crippen LogP contribution in [0.25, 0.3) is 11.0 Å². The molecule has 3 heterocycles. The third kappa shape index (κ3) is 4.04. The normalized spacial score (nSPS) is 22.5. The molecule has 9 heteroatoms. The zero-order valence-electron chi connectivity index (χ0n) is 19.0. The highest BCUT2D eigenvalue weighted by molar-refractivity contribution is 5.94. The Morgan fingerprint density at radius 1 is 1.06 bits per heavy atom. The van der Waals surface area contributed by atoms with Crippen LogP contribution >= 0.6 is 0 Å². The largest absolute Gasteiger partial charge is 0.573 e. The third-order valence-electron chi connectivity index (χ3n) is 7.92. The lowest BCUT2D eigenvalue weighted by Crippen LogP contribution is -2.38. The molecule has 184 valence electrons. The second-order valence-corrected chi connectivity index (χ2v) is 9.98. The number of nitrogens with one attached hydrogen (secondary N) is 1. The second-order valence-electron chi connectivity index (χ2n) is 9.98. The minimum atomic E-state index is -4.78. The van der Waals surface area contributed by atoms with Gasteiger partial charge in [0, 0.05) is 35.3 Å². The fourth-order valence-corrected chi connectivity index (χ4v) is 6.36. The molecule has 5 nitrogen and oxygen atoms in total. The molecule has 0 spiro atoms. The second kappa shape index (κ2) is 8.24. The Labute approximate surface area is 199 Å². The Morgan fingerprint density at radius 2 is 1.80 bits per heavy atom. The van der Waals surface area contributed by atoms with Crippen molar-refractivity contribution in [2.45, 2.75) is 56.7 Å². The van der Waals surface area contributed by atoms with Gasteiger partial charge in [-0.15, -0.1) is 13.2 Å². The molecule has 6 rings (SSSR count). The van der Waals surface area contributed by atoms with Crippen molar-refractivity contribution in [2.24, 2.45) is 5.92 Å². The zero-order chi connectivity index (χ0) is 24.3. The van der Waals surface area contributed by atoms with Crippen molar-refractivity contribution in [1.29, 1.82) is 0 Å². The van der Waals surface area contributed by atoms with Crippen LogP contribution in [0.4, 0.5) is 17.6 Å². The van der Waals surface area contributed by atoms with E-state index in [2.05, 4.69) is 14.7 Å². The molecule has 3 aromatic rings. The number of piperidine rings is 1. The monoisotopic (exact) mass is 487 g/mol. The number of ether oxygens (including phenoxy) is 1. The average Bonchev–Trinajstić information content (AvgIpc) is 3.40. The van der Waals surface area contributed by atoms with Crippen molar-refractivity contribution < 1.29 is 27.1 Å². The van der Waals surface area contributed by atoms with Gasteiger partial charge in [0.2, 0.25) is 0 Å². The molecule has 1 saturated heterocycles. The lowest BCUT2D eigenvalue weighted by molar-refractivity contribution is -0.274. The lowest BCUT2D eigenvalue weighted by Gasteiger charge is -2.33. The Balaban J connectivity index is 1.20. The molecular formula is C26H25F4N3O2. The van der Waals surface area contributed by atoms with Crippen molar-refractivity contribution in [1.82, 2.24) is 14.9 Å². The molecule has 2 bridgehead atoms. The summed E-state index contributed by atoms with van der Waals surface area (Å²) < 4.78 is 56.2. The molecule has 1 N–H and O–H groups in total. The van der Waals surface area contributed by atoms with Gasteiger partial charge in [-0.2, -0.15) is 0 Å². The van der Waals surface area contributed by atoms with E-state index in [4.69, 9.17) is 0 Å². The number of aromatic nitrogens is 2. The Hall–Kier alpha value is -3.10. The van der Waals surface area contributed by atoms with Gasteiger partial charge in [0.25, 0.3) is 5.91 Å². The van der Waals surface area contributed by atoms with Gasteiger partial charge in [-0.05, 0) is 86.1 Å². The maximum Gasteiger partial charge on any atom is 0.573 e.